The number of anilines is 2. The zero-order valence-corrected chi connectivity index (χ0v) is 25.3. The number of aromatic nitrogens is 5. The normalized spacial score (nSPS) is 15.2. The zero-order chi connectivity index (χ0) is 29.0. The summed E-state index contributed by atoms with van der Waals surface area (Å²) < 4.78 is 3.07. The van der Waals surface area contributed by atoms with E-state index in [4.69, 9.17) is 10.1 Å². The number of carbonyl (C=O) groups excluding carboxylic acids is 1. The highest BCUT2D eigenvalue weighted by atomic mass is 32.1. The molecule has 0 saturated heterocycles. The van der Waals surface area contributed by atoms with Crippen molar-refractivity contribution in [2.45, 2.75) is 66.0 Å². The molecule has 0 spiro atoms. The minimum absolute atomic E-state index is 0.141. The van der Waals surface area contributed by atoms with E-state index in [-0.39, 0.29) is 11.3 Å². The Bertz CT molecular complexity index is 1780. The van der Waals surface area contributed by atoms with Crippen LogP contribution in [0.15, 0.2) is 54.9 Å². The van der Waals surface area contributed by atoms with Crippen LogP contribution < -0.4 is 10.2 Å². The smallest absolute Gasteiger partial charge is 0.257 e. The van der Waals surface area contributed by atoms with Gasteiger partial charge >= 0.3 is 0 Å². The van der Waals surface area contributed by atoms with E-state index in [9.17, 15) is 4.79 Å². The predicted molar refractivity (Wildman–Crippen MR) is 168 cm³/mol. The van der Waals surface area contributed by atoms with Crippen molar-refractivity contribution in [2.75, 3.05) is 16.8 Å². The van der Waals surface area contributed by atoms with Gasteiger partial charge in [-0.1, -0.05) is 44.2 Å². The number of hydrogen-bond donors (Lipinski definition) is 1. The molecule has 9 heteroatoms. The largest absolute Gasteiger partial charge is 0.352 e. The minimum atomic E-state index is -0.141. The van der Waals surface area contributed by atoms with Crippen molar-refractivity contribution in [1.29, 1.82) is 0 Å². The third kappa shape index (κ3) is 5.17. The van der Waals surface area contributed by atoms with Gasteiger partial charge in [0.05, 0.1) is 16.6 Å². The summed E-state index contributed by atoms with van der Waals surface area (Å²) in [4.78, 5) is 29.8. The fourth-order valence-electron chi connectivity index (χ4n) is 5.83. The lowest BCUT2D eigenvalue weighted by Gasteiger charge is -2.31. The lowest BCUT2D eigenvalue weighted by molar-refractivity contribution is 0.102. The van der Waals surface area contributed by atoms with E-state index in [1.807, 2.05) is 30.5 Å². The third-order valence-electron chi connectivity index (χ3n) is 8.12. The number of rotatable bonds is 6. The average molecular weight is 578 g/mol. The number of nitrogens with one attached hydrogen (secondary N) is 1. The molecule has 2 aliphatic rings. The van der Waals surface area contributed by atoms with E-state index in [0.717, 1.165) is 35.6 Å². The van der Waals surface area contributed by atoms with Crippen LogP contribution in [0.2, 0.25) is 0 Å². The number of pyridine rings is 2. The second kappa shape index (κ2) is 10.3. The number of nitrogens with zero attached hydrogens (tertiary/aromatic N) is 6. The molecule has 0 atom stereocenters. The van der Waals surface area contributed by atoms with E-state index in [2.05, 4.69) is 70.8 Å². The molecule has 214 valence electrons. The number of amides is 1. The predicted octanol–water partition coefficient (Wildman–Crippen LogP) is 7.00. The fraction of sp³-hybridized carbons (Fsp3) is 0.364. The van der Waals surface area contributed by atoms with Crippen LogP contribution in [0.5, 0.6) is 0 Å². The Balaban J connectivity index is 1.16. The summed E-state index contributed by atoms with van der Waals surface area (Å²) in [5, 5.41) is 8.32. The number of carbonyl (C=O) groups is 1. The molecule has 1 aromatic carbocycles. The Labute approximate surface area is 249 Å². The molecule has 42 heavy (non-hydrogen) atoms. The molecule has 1 amide bonds. The Morgan fingerprint density at radius 2 is 1.93 bits per heavy atom. The van der Waals surface area contributed by atoms with Crippen molar-refractivity contribution in [3.8, 4) is 11.1 Å². The van der Waals surface area contributed by atoms with Crippen molar-refractivity contribution in [1.82, 2.24) is 24.7 Å². The van der Waals surface area contributed by atoms with Crippen molar-refractivity contribution < 1.29 is 4.79 Å². The Morgan fingerprint density at radius 3 is 2.71 bits per heavy atom. The molecule has 5 aromatic rings. The molecular weight excluding hydrogens is 542 g/mol. The highest BCUT2D eigenvalue weighted by molar-refractivity contribution is 7.22. The standard InChI is InChI=1S/C33H35N7OS/c1-20-25(17-35-40(20)19-33(2,3)4)23-12-13-28(36-29(23)22-10-11-22)39-16-14-21-7-5-8-24(26(21)18-39)31(41)38-32-37-30-27(42-32)9-6-15-34-30/h5-9,12-13,15,17,22H,10-11,14,16,18-19H2,1-4H3,(H,34,37,38,41). The molecule has 7 rings (SSSR count). The summed E-state index contributed by atoms with van der Waals surface area (Å²) in [6, 6.07) is 14.2. The van der Waals surface area contributed by atoms with Crippen LogP contribution in [0.1, 0.15) is 72.4 Å². The second-order valence-electron chi connectivity index (χ2n) is 12.7. The van der Waals surface area contributed by atoms with Gasteiger partial charge in [-0.15, -0.1) is 0 Å². The Kier molecular flexibility index (Phi) is 6.57. The molecule has 1 saturated carbocycles. The maximum absolute atomic E-state index is 13.5. The van der Waals surface area contributed by atoms with Gasteiger partial charge in [0, 0.05) is 54.1 Å². The molecule has 4 aromatic heterocycles. The lowest BCUT2D eigenvalue weighted by Crippen LogP contribution is -2.33. The second-order valence-corrected chi connectivity index (χ2v) is 13.7. The molecule has 0 radical (unpaired) electrons. The molecule has 1 aliphatic heterocycles. The van der Waals surface area contributed by atoms with Crippen LogP contribution in [0, 0.1) is 12.3 Å². The maximum atomic E-state index is 13.5. The fourth-order valence-corrected chi connectivity index (χ4v) is 6.65. The van der Waals surface area contributed by atoms with Gasteiger partial charge in [0.15, 0.2) is 10.8 Å². The first-order valence-electron chi connectivity index (χ1n) is 14.7. The van der Waals surface area contributed by atoms with Gasteiger partial charge in [-0.3, -0.25) is 14.8 Å². The third-order valence-corrected chi connectivity index (χ3v) is 9.04. The van der Waals surface area contributed by atoms with E-state index in [1.54, 1.807) is 6.20 Å². The molecule has 8 nitrogen and oxygen atoms in total. The molecular formula is C33H35N7OS. The number of hydrogen-bond acceptors (Lipinski definition) is 7. The zero-order valence-electron chi connectivity index (χ0n) is 24.5. The summed E-state index contributed by atoms with van der Waals surface area (Å²) in [6.45, 7) is 11.3. The van der Waals surface area contributed by atoms with Crippen LogP contribution in [0.3, 0.4) is 0 Å². The van der Waals surface area contributed by atoms with Crippen molar-refractivity contribution in [3.05, 3.63) is 82.9 Å². The molecule has 5 heterocycles. The van der Waals surface area contributed by atoms with E-state index in [0.29, 0.717) is 28.8 Å². The van der Waals surface area contributed by atoms with Gasteiger partial charge in [0.2, 0.25) is 0 Å². The van der Waals surface area contributed by atoms with E-state index in [1.165, 1.54) is 52.3 Å². The summed E-state index contributed by atoms with van der Waals surface area (Å²) in [6.07, 6.45) is 6.93. The van der Waals surface area contributed by atoms with Crippen LogP contribution in [0.25, 0.3) is 21.5 Å². The number of thiazole rings is 1. The SMILES string of the molecule is Cc1c(-c2ccc(N3CCc4cccc(C(=O)Nc5nc6ncccc6s5)c4C3)nc2C2CC2)cnn1CC(C)(C)C. The van der Waals surface area contributed by atoms with Crippen LogP contribution >= 0.6 is 11.3 Å². The number of fused-ring (bicyclic) bond motifs is 2. The highest BCUT2D eigenvalue weighted by Gasteiger charge is 2.31. The van der Waals surface area contributed by atoms with Gasteiger partial charge in [-0.05, 0) is 73.1 Å². The first-order valence-corrected chi connectivity index (χ1v) is 15.5. The molecule has 1 fully saturated rings. The quantitative estimate of drug-likeness (QED) is 0.234. The molecule has 1 aliphatic carbocycles. The van der Waals surface area contributed by atoms with Gasteiger partial charge in [-0.2, -0.15) is 10.1 Å². The molecule has 0 unspecified atom stereocenters. The van der Waals surface area contributed by atoms with Crippen LogP contribution in [-0.4, -0.2) is 37.2 Å². The summed E-state index contributed by atoms with van der Waals surface area (Å²) in [5.41, 5.74) is 8.49. The number of benzene rings is 1. The van der Waals surface area contributed by atoms with E-state index >= 15 is 0 Å². The summed E-state index contributed by atoms with van der Waals surface area (Å²) in [7, 11) is 0. The highest BCUT2D eigenvalue weighted by Crippen LogP contribution is 2.45. The Hall–Kier alpha value is -4.11. The van der Waals surface area contributed by atoms with Gasteiger partial charge < -0.3 is 4.90 Å². The first-order chi connectivity index (χ1) is 20.2. The van der Waals surface area contributed by atoms with Crippen molar-refractivity contribution in [2.24, 2.45) is 5.41 Å². The van der Waals surface area contributed by atoms with Crippen LogP contribution in [0.4, 0.5) is 10.9 Å². The van der Waals surface area contributed by atoms with Gasteiger partial charge in [0.25, 0.3) is 5.91 Å². The summed E-state index contributed by atoms with van der Waals surface area (Å²) >= 11 is 1.44. The maximum Gasteiger partial charge on any atom is 0.257 e. The molecule has 0 bridgehead atoms. The average Bonchev–Trinajstić information content (AvgIpc) is 3.65. The van der Waals surface area contributed by atoms with Crippen molar-refractivity contribution in [3.63, 3.8) is 0 Å². The lowest BCUT2D eigenvalue weighted by atomic mass is 9.94. The monoisotopic (exact) mass is 577 g/mol. The van der Waals surface area contributed by atoms with Crippen LogP contribution in [-0.2, 0) is 19.5 Å². The summed E-state index contributed by atoms with van der Waals surface area (Å²) in [5.74, 6) is 1.32. The van der Waals surface area contributed by atoms with Gasteiger partial charge in [-0.25, -0.2) is 9.97 Å². The Morgan fingerprint density at radius 1 is 1.07 bits per heavy atom. The minimum Gasteiger partial charge on any atom is -0.352 e. The van der Waals surface area contributed by atoms with Crippen molar-refractivity contribution >= 4 is 38.5 Å². The topological polar surface area (TPSA) is 88.8 Å². The van der Waals surface area contributed by atoms with Gasteiger partial charge in [0.1, 0.15) is 5.82 Å². The molecule has 1 N–H and O–H groups in total. The van der Waals surface area contributed by atoms with E-state index < -0.39 is 0 Å². The first kappa shape index (κ1) is 26.8.